The molecular formula is C14H16ClIN2O3. The molecule has 1 aromatic carbocycles. The predicted octanol–water partition coefficient (Wildman–Crippen LogP) is 3.66. The number of anilines is 1. The van der Waals surface area contributed by atoms with Crippen molar-refractivity contribution >= 4 is 51.9 Å². The van der Waals surface area contributed by atoms with Crippen molar-refractivity contribution in [2.45, 2.75) is 19.8 Å². The molecule has 2 rings (SSSR count). The Morgan fingerprint density at radius 1 is 1.52 bits per heavy atom. The van der Waals surface area contributed by atoms with Gasteiger partial charge in [-0.1, -0.05) is 18.5 Å². The molecule has 7 heteroatoms. The van der Waals surface area contributed by atoms with E-state index in [1.807, 2.05) is 6.92 Å². The first-order valence-corrected chi connectivity index (χ1v) is 8.08. The highest BCUT2D eigenvalue weighted by Crippen LogP contribution is 2.34. The molecule has 1 aliphatic rings. The third-order valence-electron chi connectivity index (χ3n) is 3.94. The number of aliphatic carboxylic acids is 1. The highest BCUT2D eigenvalue weighted by molar-refractivity contribution is 14.1. The Balaban J connectivity index is 2.07. The van der Waals surface area contributed by atoms with Gasteiger partial charge in [-0.2, -0.15) is 0 Å². The SMILES string of the molecule is CCC1(C(=O)O)CCN(C(=O)Nc2ccc(Cl)cc2I)C1. The third-order valence-corrected chi connectivity index (χ3v) is 5.07. The number of nitrogens with one attached hydrogen (secondary N) is 1. The van der Waals surface area contributed by atoms with Crippen LogP contribution in [0, 0.1) is 8.99 Å². The number of carbonyl (C=O) groups excluding carboxylic acids is 1. The lowest BCUT2D eigenvalue weighted by atomic mass is 9.84. The average Bonchev–Trinajstić information content (AvgIpc) is 2.88. The lowest BCUT2D eigenvalue weighted by molar-refractivity contribution is -0.148. The quantitative estimate of drug-likeness (QED) is 0.730. The fraction of sp³-hybridized carbons (Fsp3) is 0.429. The maximum atomic E-state index is 12.3. The van der Waals surface area contributed by atoms with Gasteiger partial charge < -0.3 is 15.3 Å². The Labute approximate surface area is 141 Å². The van der Waals surface area contributed by atoms with Crippen LogP contribution < -0.4 is 5.32 Å². The number of benzene rings is 1. The van der Waals surface area contributed by atoms with E-state index in [1.165, 1.54) is 0 Å². The van der Waals surface area contributed by atoms with Crippen LogP contribution in [0.4, 0.5) is 10.5 Å². The molecule has 1 heterocycles. The number of nitrogens with zero attached hydrogens (tertiary/aromatic N) is 1. The van der Waals surface area contributed by atoms with E-state index < -0.39 is 11.4 Å². The number of urea groups is 1. The van der Waals surface area contributed by atoms with E-state index in [0.29, 0.717) is 30.1 Å². The first kappa shape index (κ1) is 16.4. The molecule has 0 spiro atoms. The minimum atomic E-state index is -0.832. The zero-order valence-electron chi connectivity index (χ0n) is 11.5. The summed E-state index contributed by atoms with van der Waals surface area (Å²) >= 11 is 7.97. The average molecular weight is 423 g/mol. The van der Waals surface area contributed by atoms with Crippen molar-refractivity contribution < 1.29 is 14.7 Å². The fourth-order valence-electron chi connectivity index (χ4n) is 2.45. The van der Waals surface area contributed by atoms with Gasteiger partial charge in [0, 0.05) is 21.7 Å². The predicted molar refractivity (Wildman–Crippen MR) is 89.7 cm³/mol. The van der Waals surface area contributed by atoms with Gasteiger partial charge in [0.2, 0.25) is 0 Å². The van der Waals surface area contributed by atoms with Crippen molar-refractivity contribution in [2.24, 2.45) is 5.41 Å². The van der Waals surface area contributed by atoms with E-state index in [9.17, 15) is 14.7 Å². The minimum absolute atomic E-state index is 0.245. The molecule has 5 nitrogen and oxygen atoms in total. The molecule has 21 heavy (non-hydrogen) atoms. The summed E-state index contributed by atoms with van der Waals surface area (Å²) in [5.74, 6) is -0.832. The van der Waals surface area contributed by atoms with Gasteiger partial charge >= 0.3 is 12.0 Å². The fourth-order valence-corrected chi connectivity index (χ4v) is 3.45. The molecule has 1 aromatic rings. The first-order chi connectivity index (χ1) is 9.88. The molecule has 114 valence electrons. The lowest BCUT2D eigenvalue weighted by Crippen LogP contribution is -2.38. The minimum Gasteiger partial charge on any atom is -0.481 e. The van der Waals surface area contributed by atoms with E-state index >= 15 is 0 Å². The Kier molecular flexibility index (Phi) is 4.98. The number of amides is 2. The van der Waals surface area contributed by atoms with Crippen molar-refractivity contribution in [1.82, 2.24) is 4.90 Å². The van der Waals surface area contributed by atoms with Crippen LogP contribution >= 0.6 is 34.2 Å². The summed E-state index contributed by atoms with van der Waals surface area (Å²) in [5.41, 5.74) is -0.140. The summed E-state index contributed by atoms with van der Waals surface area (Å²) in [6.07, 6.45) is 1.01. The second kappa shape index (κ2) is 6.39. The number of hydrogen-bond acceptors (Lipinski definition) is 2. The van der Waals surface area contributed by atoms with Crippen molar-refractivity contribution in [1.29, 1.82) is 0 Å². The smallest absolute Gasteiger partial charge is 0.321 e. The van der Waals surface area contributed by atoms with E-state index in [4.69, 9.17) is 11.6 Å². The standard InChI is InChI=1S/C14H16ClIN2O3/c1-2-14(12(19)20)5-6-18(8-14)13(21)17-11-4-3-9(15)7-10(11)16/h3-4,7H,2,5-6,8H2,1H3,(H,17,21)(H,19,20). The van der Waals surface area contributed by atoms with Crippen molar-refractivity contribution in [3.05, 3.63) is 26.8 Å². The first-order valence-electron chi connectivity index (χ1n) is 6.62. The molecule has 1 fully saturated rings. The second-order valence-corrected chi connectivity index (χ2v) is 6.76. The van der Waals surface area contributed by atoms with Crippen LogP contribution in [0.15, 0.2) is 18.2 Å². The third kappa shape index (κ3) is 3.42. The van der Waals surface area contributed by atoms with Crippen LogP contribution in [0.25, 0.3) is 0 Å². The van der Waals surface area contributed by atoms with E-state index in [1.54, 1.807) is 23.1 Å². The molecular weight excluding hydrogens is 407 g/mol. The molecule has 1 aliphatic heterocycles. The molecule has 2 amide bonds. The summed E-state index contributed by atoms with van der Waals surface area (Å²) in [5, 5.41) is 12.8. The number of rotatable bonds is 3. The number of carboxylic acid groups (broad SMARTS) is 1. The Hall–Kier alpha value is -1.02. The number of carboxylic acids is 1. The molecule has 1 atom stereocenters. The zero-order chi connectivity index (χ0) is 15.6. The van der Waals surface area contributed by atoms with Gasteiger partial charge in [0.15, 0.2) is 0 Å². The van der Waals surface area contributed by atoms with E-state index in [0.717, 1.165) is 3.57 Å². The molecule has 0 saturated carbocycles. The molecule has 0 aromatic heterocycles. The topological polar surface area (TPSA) is 69.6 Å². The van der Waals surface area contributed by atoms with E-state index in [-0.39, 0.29) is 12.6 Å². The largest absolute Gasteiger partial charge is 0.481 e. The van der Waals surface area contributed by atoms with Gasteiger partial charge in [-0.3, -0.25) is 4.79 Å². The molecule has 2 N–H and O–H groups in total. The maximum Gasteiger partial charge on any atom is 0.321 e. The van der Waals surface area contributed by atoms with Crippen LogP contribution in [0.1, 0.15) is 19.8 Å². The zero-order valence-corrected chi connectivity index (χ0v) is 14.4. The second-order valence-electron chi connectivity index (χ2n) is 5.16. The molecule has 0 radical (unpaired) electrons. The number of likely N-dealkylation sites (tertiary alicyclic amines) is 1. The highest BCUT2D eigenvalue weighted by atomic mass is 127. The van der Waals surface area contributed by atoms with Crippen LogP contribution in [0.2, 0.25) is 5.02 Å². The monoisotopic (exact) mass is 422 g/mol. The summed E-state index contributed by atoms with van der Waals surface area (Å²) in [4.78, 5) is 25.2. The van der Waals surface area contributed by atoms with Crippen LogP contribution in [0.3, 0.4) is 0 Å². The maximum absolute atomic E-state index is 12.3. The van der Waals surface area contributed by atoms with Gasteiger partial charge in [0.1, 0.15) is 0 Å². The van der Waals surface area contributed by atoms with Crippen LogP contribution in [0.5, 0.6) is 0 Å². The normalized spacial score (nSPS) is 21.4. The summed E-state index contributed by atoms with van der Waals surface area (Å²) in [6, 6.07) is 4.93. The number of hydrogen-bond donors (Lipinski definition) is 2. The molecule has 0 bridgehead atoms. The summed E-state index contributed by atoms with van der Waals surface area (Å²) in [7, 11) is 0. The number of carbonyl (C=O) groups is 2. The molecule has 1 unspecified atom stereocenters. The van der Waals surface area contributed by atoms with Crippen molar-refractivity contribution in [2.75, 3.05) is 18.4 Å². The lowest BCUT2D eigenvalue weighted by Gasteiger charge is -2.23. The Bertz CT molecular complexity index is 581. The van der Waals surface area contributed by atoms with Gasteiger partial charge in [-0.05, 0) is 53.6 Å². The van der Waals surface area contributed by atoms with Crippen LogP contribution in [-0.2, 0) is 4.79 Å². The van der Waals surface area contributed by atoms with Crippen molar-refractivity contribution in [3.63, 3.8) is 0 Å². The Morgan fingerprint density at radius 2 is 2.24 bits per heavy atom. The Morgan fingerprint density at radius 3 is 2.76 bits per heavy atom. The van der Waals surface area contributed by atoms with Gasteiger partial charge in [-0.25, -0.2) is 4.79 Å². The van der Waals surface area contributed by atoms with Crippen molar-refractivity contribution in [3.8, 4) is 0 Å². The van der Waals surface area contributed by atoms with Gasteiger partial charge in [0.25, 0.3) is 0 Å². The molecule has 0 aliphatic carbocycles. The highest BCUT2D eigenvalue weighted by Gasteiger charge is 2.44. The summed E-state index contributed by atoms with van der Waals surface area (Å²) < 4.78 is 0.840. The van der Waals surface area contributed by atoms with E-state index in [2.05, 4.69) is 27.9 Å². The van der Waals surface area contributed by atoms with Crippen LogP contribution in [-0.4, -0.2) is 35.1 Å². The summed E-state index contributed by atoms with van der Waals surface area (Å²) in [6.45, 7) is 2.54. The molecule has 1 saturated heterocycles. The number of halogens is 2. The van der Waals surface area contributed by atoms with Gasteiger partial charge in [0.05, 0.1) is 11.1 Å². The van der Waals surface area contributed by atoms with Gasteiger partial charge in [-0.15, -0.1) is 0 Å².